The summed E-state index contributed by atoms with van der Waals surface area (Å²) >= 11 is 0. The highest BCUT2D eigenvalue weighted by Crippen LogP contribution is 2.64. The fraction of sp³-hybridized carbons (Fsp3) is 0.875. The Morgan fingerprint density at radius 1 is 1.14 bits per heavy atom. The summed E-state index contributed by atoms with van der Waals surface area (Å²) in [5.41, 5.74) is 1.70. The fourth-order valence-corrected chi connectivity index (χ4v) is 7.97. The average Bonchev–Trinajstić information content (AvgIpc) is 2.94. The lowest BCUT2D eigenvalue weighted by atomic mass is 9.48. The first-order valence-corrected chi connectivity index (χ1v) is 11.7. The molecular weight excluding hydrogens is 350 g/mol. The van der Waals surface area contributed by atoms with Crippen LogP contribution in [0, 0.1) is 34.5 Å². The van der Waals surface area contributed by atoms with Crippen molar-refractivity contribution in [2.24, 2.45) is 34.5 Å². The average molecular weight is 389 g/mol. The number of hydrogen-bond donors (Lipinski definition) is 2. The van der Waals surface area contributed by atoms with Crippen molar-refractivity contribution in [1.29, 1.82) is 0 Å². The molecule has 5 aliphatic rings. The Hall–Kier alpha value is -0.710. The van der Waals surface area contributed by atoms with E-state index in [9.17, 15) is 9.90 Å². The van der Waals surface area contributed by atoms with E-state index in [1.54, 1.807) is 4.90 Å². The molecule has 0 amide bonds. The highest BCUT2D eigenvalue weighted by Gasteiger charge is 2.61. The van der Waals surface area contributed by atoms with Gasteiger partial charge in [-0.15, -0.1) is 0 Å². The molecule has 1 heterocycles. The van der Waals surface area contributed by atoms with Crippen LogP contribution >= 0.6 is 0 Å². The first kappa shape index (κ1) is 19.3. The first-order chi connectivity index (χ1) is 13.4. The Balaban J connectivity index is 1.38. The molecule has 4 nitrogen and oxygen atoms in total. The normalized spacial score (nSPS) is 49.2. The Morgan fingerprint density at radius 2 is 1.89 bits per heavy atom. The molecule has 0 aromatic heterocycles. The van der Waals surface area contributed by atoms with Crippen molar-refractivity contribution in [3.8, 4) is 0 Å². The van der Waals surface area contributed by atoms with Crippen LogP contribution in [-0.2, 0) is 9.53 Å². The van der Waals surface area contributed by atoms with E-state index in [2.05, 4.69) is 19.9 Å². The van der Waals surface area contributed by atoms with Crippen LogP contribution in [0.4, 0.5) is 0 Å². The quantitative estimate of drug-likeness (QED) is 0.712. The third-order valence-corrected chi connectivity index (χ3v) is 9.67. The molecule has 0 aromatic carbocycles. The first-order valence-electron chi connectivity index (χ1n) is 11.7. The zero-order chi connectivity index (χ0) is 19.5. The summed E-state index contributed by atoms with van der Waals surface area (Å²) in [4.78, 5) is 15.1. The van der Waals surface area contributed by atoms with Crippen molar-refractivity contribution in [3.63, 3.8) is 0 Å². The maximum Gasteiger partial charge on any atom is 0.147 e. The minimum Gasteiger partial charge on any atom is -0.393 e. The van der Waals surface area contributed by atoms with Crippen LogP contribution in [0.2, 0.25) is 0 Å². The molecule has 0 radical (unpaired) electrons. The molecule has 0 spiro atoms. The molecule has 0 unspecified atom stereocenters. The van der Waals surface area contributed by atoms with Crippen molar-refractivity contribution >= 4 is 5.78 Å². The van der Waals surface area contributed by atoms with Gasteiger partial charge in [0.25, 0.3) is 0 Å². The number of allylic oxidation sites excluding steroid dienone is 1. The molecule has 3 saturated carbocycles. The summed E-state index contributed by atoms with van der Waals surface area (Å²) in [7, 11) is 0. The number of hydrogen-bond acceptors (Lipinski definition) is 3. The van der Waals surface area contributed by atoms with Crippen LogP contribution in [0.15, 0.2) is 11.6 Å². The summed E-state index contributed by atoms with van der Waals surface area (Å²) in [5, 5.41) is 10.2. The van der Waals surface area contributed by atoms with Gasteiger partial charge in [-0.25, -0.2) is 0 Å². The summed E-state index contributed by atoms with van der Waals surface area (Å²) in [6, 6.07) is 0. The third-order valence-electron chi connectivity index (χ3n) is 9.67. The Labute approximate surface area is 169 Å². The van der Waals surface area contributed by atoms with E-state index in [1.807, 2.05) is 0 Å². The minimum absolute atomic E-state index is 0.0898. The van der Waals surface area contributed by atoms with Crippen LogP contribution in [0.5, 0.6) is 0 Å². The van der Waals surface area contributed by atoms with E-state index in [1.165, 1.54) is 12.0 Å². The smallest absolute Gasteiger partial charge is 0.147 e. The van der Waals surface area contributed by atoms with Crippen molar-refractivity contribution in [2.45, 2.75) is 64.9 Å². The number of morpholine rings is 1. The van der Waals surface area contributed by atoms with Gasteiger partial charge in [-0.3, -0.25) is 4.79 Å². The molecule has 4 fully saturated rings. The lowest BCUT2D eigenvalue weighted by Gasteiger charge is -2.56. The maximum atomic E-state index is 13.5. The van der Waals surface area contributed by atoms with Crippen LogP contribution in [-0.4, -0.2) is 49.8 Å². The van der Waals surface area contributed by atoms with Crippen molar-refractivity contribution in [2.75, 3.05) is 32.8 Å². The van der Waals surface area contributed by atoms with E-state index in [0.717, 1.165) is 71.4 Å². The molecule has 2 N–H and O–H groups in total. The molecular formula is C24H38NO3+. The molecule has 28 heavy (non-hydrogen) atoms. The summed E-state index contributed by atoms with van der Waals surface area (Å²) < 4.78 is 5.52. The Kier molecular flexibility index (Phi) is 4.76. The lowest BCUT2D eigenvalue weighted by Crippen LogP contribution is -3.14. The minimum atomic E-state index is -0.140. The van der Waals surface area contributed by atoms with Crippen molar-refractivity contribution in [3.05, 3.63) is 11.6 Å². The molecule has 0 aromatic rings. The lowest BCUT2D eigenvalue weighted by molar-refractivity contribution is -0.910. The number of aliphatic hydroxyl groups excluding tert-OH is 1. The topological polar surface area (TPSA) is 51.0 Å². The second kappa shape index (κ2) is 6.92. The third kappa shape index (κ3) is 2.86. The van der Waals surface area contributed by atoms with E-state index >= 15 is 0 Å². The van der Waals surface area contributed by atoms with Crippen LogP contribution in [0.25, 0.3) is 0 Å². The Bertz CT molecular complexity index is 669. The molecule has 1 aliphatic heterocycles. The monoisotopic (exact) mass is 388 g/mol. The number of quaternary nitrogens is 1. The summed E-state index contributed by atoms with van der Waals surface area (Å²) in [6.07, 6.45) is 9.81. The second-order valence-corrected chi connectivity index (χ2v) is 11.0. The molecule has 1 saturated heterocycles. The van der Waals surface area contributed by atoms with Gasteiger partial charge in [0.2, 0.25) is 0 Å². The number of rotatable bonds is 2. The molecule has 0 bridgehead atoms. The van der Waals surface area contributed by atoms with Gasteiger partial charge in [0.05, 0.1) is 31.8 Å². The number of carbonyl (C=O) groups is 1. The van der Waals surface area contributed by atoms with Gasteiger partial charge in [0.1, 0.15) is 18.9 Å². The SMILES string of the molecule is C[C@@]12CC[C@H]3[C@@H](CC=C4C[C@@H](O)CC[C@@]43C)[C@H]1C[C@H](C[NH+]1CCOCC1)C2=O. The Morgan fingerprint density at radius 3 is 2.68 bits per heavy atom. The number of ketones is 1. The van der Waals surface area contributed by atoms with Gasteiger partial charge >= 0.3 is 0 Å². The fourth-order valence-electron chi connectivity index (χ4n) is 7.97. The maximum absolute atomic E-state index is 13.5. The van der Waals surface area contributed by atoms with E-state index in [4.69, 9.17) is 4.74 Å². The number of ether oxygens (including phenoxy) is 1. The number of aliphatic hydroxyl groups is 1. The predicted molar refractivity (Wildman–Crippen MR) is 108 cm³/mol. The summed E-state index contributed by atoms with van der Waals surface area (Å²) in [5.74, 6) is 2.77. The van der Waals surface area contributed by atoms with Gasteiger partial charge in [-0.05, 0) is 68.1 Å². The van der Waals surface area contributed by atoms with Gasteiger partial charge in [-0.1, -0.05) is 25.5 Å². The molecule has 156 valence electrons. The zero-order valence-electron chi connectivity index (χ0n) is 17.7. The molecule has 7 atom stereocenters. The van der Waals surface area contributed by atoms with Crippen molar-refractivity contribution < 1.29 is 19.5 Å². The predicted octanol–water partition coefficient (Wildman–Crippen LogP) is 2.02. The number of carbonyl (C=O) groups excluding carboxylic acids is 1. The van der Waals surface area contributed by atoms with Gasteiger partial charge in [0, 0.05) is 5.41 Å². The second-order valence-electron chi connectivity index (χ2n) is 11.0. The summed E-state index contributed by atoms with van der Waals surface area (Å²) in [6.45, 7) is 9.61. The molecule has 4 aliphatic carbocycles. The molecule has 5 rings (SSSR count). The van der Waals surface area contributed by atoms with E-state index in [0.29, 0.717) is 23.5 Å². The van der Waals surface area contributed by atoms with Crippen molar-refractivity contribution in [1.82, 2.24) is 0 Å². The van der Waals surface area contributed by atoms with Gasteiger partial charge in [0.15, 0.2) is 0 Å². The van der Waals surface area contributed by atoms with Crippen LogP contribution in [0.1, 0.15) is 58.8 Å². The number of fused-ring (bicyclic) bond motifs is 5. The molecule has 4 heteroatoms. The number of nitrogens with one attached hydrogen (secondary N) is 1. The highest BCUT2D eigenvalue weighted by molar-refractivity contribution is 5.89. The highest BCUT2D eigenvalue weighted by atomic mass is 16.5. The van der Waals surface area contributed by atoms with Crippen LogP contribution < -0.4 is 4.90 Å². The van der Waals surface area contributed by atoms with E-state index < -0.39 is 0 Å². The van der Waals surface area contributed by atoms with Gasteiger partial charge < -0.3 is 14.7 Å². The van der Waals surface area contributed by atoms with Crippen LogP contribution in [0.3, 0.4) is 0 Å². The van der Waals surface area contributed by atoms with Gasteiger partial charge in [-0.2, -0.15) is 0 Å². The van der Waals surface area contributed by atoms with E-state index in [-0.39, 0.29) is 22.9 Å². The zero-order valence-corrected chi connectivity index (χ0v) is 17.7. The standard InChI is InChI=1S/C24H37NO3/c1-23-7-5-18(26)14-17(23)3-4-19-20(23)6-8-24(2)21(19)13-16(22(24)27)15-25-9-11-28-12-10-25/h3,16,18-21,26H,4-15H2,1-2H3/p+1/t16-,18+,19-,20+,21-,23+,24-/m1/s1. The number of Topliss-reactive ketones (excluding diaryl/α,β-unsaturated/α-hetero) is 1. The largest absolute Gasteiger partial charge is 0.393 e.